The third kappa shape index (κ3) is 3.59. The molecule has 2 aromatic rings. The van der Waals surface area contributed by atoms with E-state index in [9.17, 15) is 4.79 Å². The van der Waals surface area contributed by atoms with Gasteiger partial charge in [0.15, 0.2) is 0 Å². The molecule has 6 nitrogen and oxygen atoms in total. The monoisotopic (exact) mass is 328 g/mol. The molecule has 1 N–H and O–H groups in total. The number of nitrogens with one attached hydrogen (secondary N) is 1. The third-order valence-corrected chi connectivity index (χ3v) is 4.46. The van der Waals surface area contributed by atoms with Gasteiger partial charge in [-0.2, -0.15) is 5.10 Å². The van der Waals surface area contributed by atoms with Gasteiger partial charge in [0.25, 0.3) is 5.91 Å². The zero-order valence-corrected chi connectivity index (χ0v) is 14.2. The summed E-state index contributed by atoms with van der Waals surface area (Å²) in [5.74, 6) is 0.911. The van der Waals surface area contributed by atoms with Gasteiger partial charge in [-0.25, -0.2) is 0 Å². The lowest BCUT2D eigenvalue weighted by Crippen LogP contribution is -2.40. The zero-order chi connectivity index (χ0) is 16.9. The van der Waals surface area contributed by atoms with Gasteiger partial charge in [0.1, 0.15) is 5.75 Å². The smallest absolute Gasteiger partial charge is 0.257 e. The molecule has 0 saturated carbocycles. The summed E-state index contributed by atoms with van der Waals surface area (Å²) in [6.07, 6.45) is 5.63. The van der Waals surface area contributed by atoms with Gasteiger partial charge in [-0.15, -0.1) is 0 Å². The minimum atomic E-state index is 0.0775. The van der Waals surface area contributed by atoms with Gasteiger partial charge < -0.3 is 15.0 Å². The number of methoxy groups -OCH3 is 1. The lowest BCUT2D eigenvalue weighted by atomic mass is 10.2. The number of amides is 1. The Hall–Kier alpha value is -2.34. The van der Waals surface area contributed by atoms with Gasteiger partial charge >= 0.3 is 0 Å². The fraction of sp³-hybridized carbons (Fsp3) is 0.444. The summed E-state index contributed by atoms with van der Waals surface area (Å²) in [5, 5.41) is 7.51. The summed E-state index contributed by atoms with van der Waals surface area (Å²) < 4.78 is 6.97. The minimum Gasteiger partial charge on any atom is -0.497 e. The van der Waals surface area contributed by atoms with Crippen LogP contribution in [0.1, 0.15) is 28.8 Å². The minimum absolute atomic E-state index is 0.0775. The van der Waals surface area contributed by atoms with E-state index in [4.69, 9.17) is 4.74 Å². The molecule has 24 heavy (non-hydrogen) atoms. The van der Waals surface area contributed by atoms with E-state index in [0.717, 1.165) is 37.2 Å². The second-order valence-electron chi connectivity index (χ2n) is 6.13. The van der Waals surface area contributed by atoms with Crippen LogP contribution in [0.5, 0.6) is 5.75 Å². The maximum absolute atomic E-state index is 12.7. The number of aromatic nitrogens is 2. The second-order valence-corrected chi connectivity index (χ2v) is 6.13. The average Bonchev–Trinajstić information content (AvgIpc) is 3.25. The van der Waals surface area contributed by atoms with Crippen molar-refractivity contribution in [3.05, 3.63) is 47.8 Å². The average molecular weight is 328 g/mol. The quantitative estimate of drug-likeness (QED) is 0.878. The van der Waals surface area contributed by atoms with E-state index in [-0.39, 0.29) is 11.9 Å². The second kappa shape index (κ2) is 7.49. The molecule has 0 aliphatic carbocycles. The largest absolute Gasteiger partial charge is 0.497 e. The van der Waals surface area contributed by atoms with Gasteiger partial charge in [0.05, 0.1) is 25.4 Å². The number of carbonyl (C=O) groups excluding carboxylic acids is 1. The van der Waals surface area contributed by atoms with Crippen molar-refractivity contribution >= 4 is 5.91 Å². The van der Waals surface area contributed by atoms with Gasteiger partial charge in [-0.1, -0.05) is 12.1 Å². The van der Waals surface area contributed by atoms with Crippen molar-refractivity contribution in [1.82, 2.24) is 20.0 Å². The van der Waals surface area contributed by atoms with Crippen LogP contribution < -0.4 is 10.1 Å². The number of carbonyl (C=O) groups is 1. The fourth-order valence-corrected chi connectivity index (χ4v) is 3.20. The Balaban J connectivity index is 1.67. The van der Waals surface area contributed by atoms with E-state index in [1.165, 1.54) is 0 Å². The zero-order valence-electron chi connectivity index (χ0n) is 14.2. The highest BCUT2D eigenvalue weighted by Crippen LogP contribution is 2.20. The number of nitrogens with zero attached hydrogens (tertiary/aromatic N) is 3. The van der Waals surface area contributed by atoms with E-state index in [2.05, 4.69) is 10.4 Å². The van der Waals surface area contributed by atoms with Crippen molar-refractivity contribution < 1.29 is 9.53 Å². The molecule has 1 atom stereocenters. The number of likely N-dealkylation sites (tertiary alicyclic amines) is 1. The first-order chi connectivity index (χ1) is 11.7. The summed E-state index contributed by atoms with van der Waals surface area (Å²) in [6.45, 7) is 2.30. The first kappa shape index (κ1) is 16.5. The molecule has 1 amide bonds. The lowest BCUT2D eigenvalue weighted by Gasteiger charge is -2.23. The molecule has 1 aliphatic rings. The van der Waals surface area contributed by atoms with Crippen molar-refractivity contribution in [2.24, 2.45) is 0 Å². The molecule has 128 valence electrons. The van der Waals surface area contributed by atoms with Crippen LogP contribution in [0.25, 0.3) is 0 Å². The van der Waals surface area contributed by atoms with Crippen LogP contribution in [-0.2, 0) is 6.54 Å². The first-order valence-electron chi connectivity index (χ1n) is 8.32. The van der Waals surface area contributed by atoms with Crippen LogP contribution in [0.3, 0.4) is 0 Å². The molecule has 2 heterocycles. The SMILES string of the molecule is CNC[C@@H]1CCCN1C(=O)c1cnn(Cc2ccc(OC)cc2)c1. The van der Waals surface area contributed by atoms with E-state index in [0.29, 0.717) is 12.1 Å². The summed E-state index contributed by atoms with van der Waals surface area (Å²) in [4.78, 5) is 14.7. The molecule has 1 aromatic heterocycles. The van der Waals surface area contributed by atoms with Crippen LogP contribution in [0.2, 0.25) is 0 Å². The van der Waals surface area contributed by atoms with E-state index in [1.54, 1.807) is 18.0 Å². The number of rotatable bonds is 6. The molecule has 0 unspecified atom stereocenters. The summed E-state index contributed by atoms with van der Waals surface area (Å²) in [5.41, 5.74) is 1.78. The van der Waals surface area contributed by atoms with Crippen LogP contribution in [0.15, 0.2) is 36.7 Å². The van der Waals surface area contributed by atoms with Crippen LogP contribution in [-0.4, -0.2) is 53.9 Å². The van der Waals surface area contributed by atoms with Crippen molar-refractivity contribution in [3.8, 4) is 5.75 Å². The molecule has 0 bridgehead atoms. The molecule has 1 aromatic carbocycles. The Bertz CT molecular complexity index is 681. The predicted octanol–water partition coefficient (Wildman–Crippen LogP) is 1.76. The summed E-state index contributed by atoms with van der Waals surface area (Å²) >= 11 is 0. The van der Waals surface area contributed by atoms with Crippen molar-refractivity contribution in [3.63, 3.8) is 0 Å². The van der Waals surface area contributed by atoms with Crippen LogP contribution in [0, 0.1) is 0 Å². The molecular weight excluding hydrogens is 304 g/mol. The number of ether oxygens (including phenoxy) is 1. The van der Waals surface area contributed by atoms with Gasteiger partial charge in [-0.3, -0.25) is 9.48 Å². The topological polar surface area (TPSA) is 59.4 Å². The summed E-state index contributed by atoms with van der Waals surface area (Å²) in [7, 11) is 3.58. The normalized spacial score (nSPS) is 17.2. The maximum atomic E-state index is 12.7. The Morgan fingerprint density at radius 1 is 1.38 bits per heavy atom. The van der Waals surface area contributed by atoms with E-state index < -0.39 is 0 Å². The molecule has 1 aliphatic heterocycles. The van der Waals surface area contributed by atoms with Crippen LogP contribution >= 0.6 is 0 Å². The Morgan fingerprint density at radius 2 is 2.17 bits per heavy atom. The van der Waals surface area contributed by atoms with E-state index >= 15 is 0 Å². The van der Waals surface area contributed by atoms with Crippen molar-refractivity contribution in [2.75, 3.05) is 27.2 Å². The predicted molar refractivity (Wildman–Crippen MR) is 92.3 cm³/mol. The highest BCUT2D eigenvalue weighted by atomic mass is 16.5. The molecular formula is C18H24N4O2. The van der Waals surface area contributed by atoms with Gasteiger partial charge in [0, 0.05) is 25.3 Å². The number of likely N-dealkylation sites (N-methyl/N-ethyl adjacent to an activating group) is 1. The molecule has 3 rings (SSSR count). The molecule has 1 fully saturated rings. The van der Waals surface area contributed by atoms with E-state index in [1.807, 2.05) is 42.4 Å². The fourth-order valence-electron chi connectivity index (χ4n) is 3.20. The lowest BCUT2D eigenvalue weighted by molar-refractivity contribution is 0.0737. The van der Waals surface area contributed by atoms with Gasteiger partial charge in [-0.05, 0) is 37.6 Å². The Kier molecular flexibility index (Phi) is 5.15. The Morgan fingerprint density at radius 3 is 2.88 bits per heavy atom. The van der Waals surface area contributed by atoms with Gasteiger partial charge in [0.2, 0.25) is 0 Å². The Labute approximate surface area is 142 Å². The number of hydrogen-bond donors (Lipinski definition) is 1. The third-order valence-electron chi connectivity index (χ3n) is 4.46. The molecule has 6 heteroatoms. The van der Waals surface area contributed by atoms with Crippen LogP contribution in [0.4, 0.5) is 0 Å². The maximum Gasteiger partial charge on any atom is 0.257 e. The molecule has 0 radical (unpaired) electrons. The number of hydrogen-bond acceptors (Lipinski definition) is 4. The first-order valence-corrected chi connectivity index (χ1v) is 8.32. The highest BCUT2D eigenvalue weighted by Gasteiger charge is 2.29. The molecule has 1 saturated heterocycles. The summed E-state index contributed by atoms with van der Waals surface area (Å²) in [6, 6.07) is 8.15. The highest BCUT2D eigenvalue weighted by molar-refractivity contribution is 5.94. The van der Waals surface area contributed by atoms with Crippen molar-refractivity contribution in [2.45, 2.75) is 25.4 Å². The van der Waals surface area contributed by atoms with Crippen molar-refractivity contribution in [1.29, 1.82) is 0 Å². The molecule has 0 spiro atoms. The number of benzene rings is 1. The standard InChI is InChI=1S/C18H24N4O2/c1-19-11-16-4-3-9-22(16)18(23)15-10-20-21(13-15)12-14-5-7-17(24-2)8-6-14/h5-8,10,13,16,19H,3-4,9,11-12H2,1-2H3/t16-/m0/s1.